The molecule has 0 radical (unpaired) electrons. The smallest absolute Gasteiger partial charge is 0.0224 e. The van der Waals surface area contributed by atoms with Crippen molar-refractivity contribution in [1.29, 1.82) is 0 Å². The van der Waals surface area contributed by atoms with Gasteiger partial charge in [-0.15, -0.1) is 0 Å². The monoisotopic (exact) mass is 222 g/mol. The van der Waals surface area contributed by atoms with Crippen molar-refractivity contribution in [1.82, 2.24) is 9.80 Å². The van der Waals surface area contributed by atoms with E-state index in [2.05, 4.69) is 23.6 Å². The summed E-state index contributed by atoms with van der Waals surface area (Å²) in [5.41, 5.74) is 0. The maximum Gasteiger partial charge on any atom is 0.0224 e. The number of fused-ring (bicyclic) bond motifs is 1. The predicted octanol–water partition coefficient (Wildman–Crippen LogP) is 2.34. The van der Waals surface area contributed by atoms with Crippen molar-refractivity contribution in [3.8, 4) is 0 Å². The van der Waals surface area contributed by atoms with Crippen LogP contribution < -0.4 is 0 Å². The molecule has 4 unspecified atom stereocenters. The van der Waals surface area contributed by atoms with Crippen LogP contribution in [0.2, 0.25) is 0 Å². The van der Waals surface area contributed by atoms with Gasteiger partial charge < -0.3 is 0 Å². The van der Waals surface area contributed by atoms with Crippen LogP contribution in [-0.4, -0.2) is 47.6 Å². The summed E-state index contributed by atoms with van der Waals surface area (Å²) < 4.78 is 0. The van der Waals surface area contributed by atoms with E-state index in [0.717, 1.165) is 24.0 Å². The van der Waals surface area contributed by atoms with Crippen LogP contribution in [0.3, 0.4) is 0 Å². The highest BCUT2D eigenvalue weighted by molar-refractivity contribution is 5.00. The number of piperidine rings is 1. The average Bonchev–Trinajstić information content (AvgIpc) is 3.04. The Balaban J connectivity index is 1.68. The fourth-order valence-corrected chi connectivity index (χ4v) is 3.81. The lowest BCUT2D eigenvalue weighted by atomic mass is 9.95. The van der Waals surface area contributed by atoms with Gasteiger partial charge in [-0.1, -0.05) is 20.3 Å². The summed E-state index contributed by atoms with van der Waals surface area (Å²) in [6.07, 6.45) is 7.16. The highest BCUT2D eigenvalue weighted by atomic mass is 15.3. The van der Waals surface area contributed by atoms with Crippen molar-refractivity contribution < 1.29 is 0 Å². The van der Waals surface area contributed by atoms with Crippen LogP contribution in [-0.2, 0) is 0 Å². The van der Waals surface area contributed by atoms with Crippen molar-refractivity contribution in [2.45, 2.75) is 64.1 Å². The zero-order valence-corrected chi connectivity index (χ0v) is 10.9. The molecule has 0 aromatic rings. The first-order chi connectivity index (χ1) is 7.79. The Morgan fingerprint density at radius 3 is 2.69 bits per heavy atom. The minimum atomic E-state index is 0.851. The van der Waals surface area contributed by atoms with Gasteiger partial charge >= 0.3 is 0 Å². The molecule has 1 saturated carbocycles. The minimum absolute atomic E-state index is 0.851. The Kier molecular flexibility index (Phi) is 2.97. The molecule has 2 aliphatic heterocycles. The third-order valence-corrected chi connectivity index (χ3v) is 5.05. The number of hydrogen-bond donors (Lipinski definition) is 0. The molecule has 4 atom stereocenters. The van der Waals surface area contributed by atoms with E-state index < -0.39 is 0 Å². The van der Waals surface area contributed by atoms with E-state index in [4.69, 9.17) is 0 Å². The van der Waals surface area contributed by atoms with E-state index in [-0.39, 0.29) is 0 Å². The topological polar surface area (TPSA) is 6.48 Å². The highest BCUT2D eigenvalue weighted by Crippen LogP contribution is 2.39. The first-order valence-corrected chi connectivity index (χ1v) is 7.29. The van der Waals surface area contributed by atoms with Gasteiger partial charge in [-0.3, -0.25) is 9.80 Å². The van der Waals surface area contributed by atoms with E-state index in [1.807, 2.05) is 0 Å². The largest absolute Gasteiger partial charge is 0.298 e. The molecule has 0 bridgehead atoms. The zero-order chi connectivity index (χ0) is 11.1. The molecule has 92 valence electrons. The molecular weight excluding hydrogens is 196 g/mol. The molecule has 0 amide bonds. The fraction of sp³-hybridized carbons (Fsp3) is 1.00. The third kappa shape index (κ3) is 1.91. The number of nitrogens with zero attached hydrogens (tertiary/aromatic N) is 2. The van der Waals surface area contributed by atoms with E-state index in [1.165, 1.54) is 51.7 Å². The van der Waals surface area contributed by atoms with Crippen molar-refractivity contribution in [2.24, 2.45) is 5.92 Å². The molecule has 1 aliphatic carbocycles. The fourth-order valence-electron chi connectivity index (χ4n) is 3.81. The number of piperazine rings is 1. The molecule has 3 aliphatic rings. The molecule has 3 fully saturated rings. The van der Waals surface area contributed by atoms with Gasteiger partial charge in [0.05, 0.1) is 0 Å². The van der Waals surface area contributed by atoms with Crippen molar-refractivity contribution in [3.63, 3.8) is 0 Å². The summed E-state index contributed by atoms with van der Waals surface area (Å²) in [5.74, 6) is 0.976. The molecular formula is C14H26N2. The SMILES string of the molecule is CCC1CN2CCCCC2CN1C1CC1C. The summed E-state index contributed by atoms with van der Waals surface area (Å²) in [6.45, 7) is 8.88. The Morgan fingerprint density at radius 1 is 1.19 bits per heavy atom. The van der Waals surface area contributed by atoms with Gasteiger partial charge in [0, 0.05) is 31.2 Å². The van der Waals surface area contributed by atoms with Crippen LogP contribution >= 0.6 is 0 Å². The van der Waals surface area contributed by atoms with Crippen LogP contribution in [0.1, 0.15) is 46.0 Å². The highest BCUT2D eigenvalue weighted by Gasteiger charge is 2.44. The predicted molar refractivity (Wildman–Crippen MR) is 67.6 cm³/mol. The lowest BCUT2D eigenvalue weighted by Crippen LogP contribution is -2.60. The lowest BCUT2D eigenvalue weighted by Gasteiger charge is -2.48. The normalized spacial score (nSPS) is 45.4. The molecule has 0 aromatic heterocycles. The van der Waals surface area contributed by atoms with Crippen LogP contribution in [0.5, 0.6) is 0 Å². The summed E-state index contributed by atoms with van der Waals surface area (Å²) in [4.78, 5) is 5.64. The second-order valence-corrected chi connectivity index (χ2v) is 6.18. The Bertz CT molecular complexity index is 253. The molecule has 2 heterocycles. The molecule has 0 N–H and O–H groups in total. The Hall–Kier alpha value is -0.0800. The van der Waals surface area contributed by atoms with Crippen molar-refractivity contribution in [3.05, 3.63) is 0 Å². The third-order valence-electron chi connectivity index (χ3n) is 5.05. The van der Waals surface area contributed by atoms with Gasteiger partial charge in [-0.05, 0) is 38.1 Å². The minimum Gasteiger partial charge on any atom is -0.298 e. The summed E-state index contributed by atoms with van der Waals surface area (Å²) in [6, 6.07) is 2.68. The van der Waals surface area contributed by atoms with Gasteiger partial charge in [-0.2, -0.15) is 0 Å². The molecule has 3 rings (SSSR count). The molecule has 0 aromatic carbocycles. The Labute approximate surface area is 100.0 Å². The second kappa shape index (κ2) is 4.30. The van der Waals surface area contributed by atoms with Gasteiger partial charge in [0.2, 0.25) is 0 Å². The Morgan fingerprint density at radius 2 is 2.00 bits per heavy atom. The summed E-state index contributed by atoms with van der Waals surface area (Å²) in [7, 11) is 0. The van der Waals surface area contributed by atoms with Crippen LogP contribution in [0.15, 0.2) is 0 Å². The lowest BCUT2D eigenvalue weighted by molar-refractivity contribution is 0.000966. The summed E-state index contributed by atoms with van der Waals surface area (Å²) in [5, 5.41) is 0. The first kappa shape index (κ1) is 11.0. The zero-order valence-electron chi connectivity index (χ0n) is 10.9. The van der Waals surface area contributed by atoms with E-state index in [0.29, 0.717) is 0 Å². The van der Waals surface area contributed by atoms with Crippen LogP contribution in [0.4, 0.5) is 0 Å². The van der Waals surface area contributed by atoms with Crippen molar-refractivity contribution in [2.75, 3.05) is 19.6 Å². The van der Waals surface area contributed by atoms with Gasteiger partial charge in [-0.25, -0.2) is 0 Å². The van der Waals surface area contributed by atoms with Crippen LogP contribution in [0, 0.1) is 5.92 Å². The number of rotatable bonds is 2. The molecule has 2 heteroatoms. The molecule has 0 spiro atoms. The maximum atomic E-state index is 2.86. The molecule has 2 nitrogen and oxygen atoms in total. The maximum absolute atomic E-state index is 2.86. The molecule has 16 heavy (non-hydrogen) atoms. The standard InChI is InChI=1S/C14H26N2/c1-3-12-9-15-7-5-4-6-13(15)10-16(12)14-8-11(14)2/h11-14H,3-10H2,1-2H3. The average molecular weight is 222 g/mol. The van der Waals surface area contributed by atoms with Crippen LogP contribution in [0.25, 0.3) is 0 Å². The summed E-state index contributed by atoms with van der Waals surface area (Å²) >= 11 is 0. The quantitative estimate of drug-likeness (QED) is 0.707. The first-order valence-electron chi connectivity index (χ1n) is 7.29. The van der Waals surface area contributed by atoms with Gasteiger partial charge in [0.25, 0.3) is 0 Å². The van der Waals surface area contributed by atoms with Gasteiger partial charge in [0.15, 0.2) is 0 Å². The molecule has 2 saturated heterocycles. The second-order valence-electron chi connectivity index (χ2n) is 6.18. The van der Waals surface area contributed by atoms with E-state index in [9.17, 15) is 0 Å². The van der Waals surface area contributed by atoms with E-state index in [1.54, 1.807) is 0 Å². The number of hydrogen-bond acceptors (Lipinski definition) is 2. The van der Waals surface area contributed by atoms with Crippen molar-refractivity contribution >= 4 is 0 Å². The van der Waals surface area contributed by atoms with Gasteiger partial charge in [0.1, 0.15) is 0 Å². The van der Waals surface area contributed by atoms with E-state index >= 15 is 0 Å².